The molecular weight excluding hydrogens is 538 g/mol. The molecule has 3 aliphatic heterocycles. The molecule has 220 valence electrons. The quantitative estimate of drug-likeness (QED) is 0.361. The van der Waals surface area contributed by atoms with Gasteiger partial charge < -0.3 is 25.4 Å². The van der Waals surface area contributed by atoms with Crippen molar-refractivity contribution in [3.63, 3.8) is 0 Å². The molecule has 2 aromatic rings. The Morgan fingerprint density at radius 2 is 1.80 bits per heavy atom. The van der Waals surface area contributed by atoms with E-state index in [4.69, 9.17) is 4.74 Å². The van der Waals surface area contributed by atoms with Crippen molar-refractivity contribution >= 4 is 35.2 Å². The number of carbonyl (C=O) groups excluding carboxylic acids is 3. The van der Waals surface area contributed by atoms with Gasteiger partial charge in [-0.3, -0.25) is 14.4 Å². The zero-order valence-electron chi connectivity index (χ0n) is 24.3. The first-order chi connectivity index (χ1) is 19.7. The van der Waals surface area contributed by atoms with Crippen LogP contribution < -0.4 is 15.4 Å². The van der Waals surface area contributed by atoms with Gasteiger partial charge in [0.25, 0.3) is 0 Å². The molecule has 0 saturated carbocycles. The van der Waals surface area contributed by atoms with E-state index in [0.29, 0.717) is 18.7 Å². The molecular formula is C32H41N3O5S. The van der Waals surface area contributed by atoms with Crippen molar-refractivity contribution in [1.82, 2.24) is 10.2 Å². The summed E-state index contributed by atoms with van der Waals surface area (Å²) in [7, 11) is 0. The summed E-state index contributed by atoms with van der Waals surface area (Å²) < 4.78 is 4.28. The van der Waals surface area contributed by atoms with Crippen LogP contribution in [0.2, 0.25) is 0 Å². The van der Waals surface area contributed by atoms with Gasteiger partial charge in [0.15, 0.2) is 0 Å². The van der Waals surface area contributed by atoms with Crippen molar-refractivity contribution < 1.29 is 24.2 Å². The minimum absolute atomic E-state index is 0.0536. The third kappa shape index (κ3) is 5.12. The monoisotopic (exact) mass is 579 g/mol. The number of nitrogens with one attached hydrogen (secondary N) is 2. The molecule has 3 heterocycles. The normalized spacial score (nSPS) is 29.6. The standard InChI is InChI=1S/C32H41N3O5S/c1-5-10-20(3)33-29(38)27-32-18-17-31(4,41-32)25(28(37)34-22-13-15-23(16-14-22)40-6-2)26(32)30(39)35(27)24(19-36)21-11-8-7-9-12-21/h7-9,11-16,20,24-27,36H,5-6,10,17-19H2,1-4H3,(H,33,38)(H,34,37)/t20?,24-,25+,26+,27?,31-,32?/m1/s1. The molecule has 0 aromatic heterocycles. The number of amides is 3. The molecule has 3 N–H and O–H groups in total. The Morgan fingerprint density at radius 1 is 1.10 bits per heavy atom. The molecule has 3 amide bonds. The summed E-state index contributed by atoms with van der Waals surface area (Å²) >= 11 is 1.63. The van der Waals surface area contributed by atoms with Crippen LogP contribution in [0.3, 0.4) is 0 Å². The third-order valence-corrected chi connectivity index (χ3v) is 11.0. The molecule has 0 aliphatic carbocycles. The van der Waals surface area contributed by atoms with Crippen molar-refractivity contribution in [1.29, 1.82) is 0 Å². The first-order valence-corrected chi connectivity index (χ1v) is 15.5. The van der Waals surface area contributed by atoms with Crippen LogP contribution in [-0.4, -0.2) is 62.5 Å². The van der Waals surface area contributed by atoms with Gasteiger partial charge in [0.2, 0.25) is 17.7 Å². The highest BCUT2D eigenvalue weighted by Crippen LogP contribution is 2.72. The van der Waals surface area contributed by atoms with Crippen molar-refractivity contribution in [2.75, 3.05) is 18.5 Å². The average Bonchev–Trinajstić information content (AvgIpc) is 3.52. The molecule has 7 atom stereocenters. The van der Waals surface area contributed by atoms with Crippen LogP contribution in [0, 0.1) is 11.8 Å². The zero-order chi connectivity index (χ0) is 29.4. The van der Waals surface area contributed by atoms with E-state index in [1.807, 2.05) is 56.3 Å². The number of likely N-dealkylation sites (tertiary alicyclic amines) is 1. The van der Waals surface area contributed by atoms with Crippen LogP contribution >= 0.6 is 11.8 Å². The predicted molar refractivity (Wildman–Crippen MR) is 161 cm³/mol. The highest BCUT2D eigenvalue weighted by atomic mass is 32.2. The van der Waals surface area contributed by atoms with Gasteiger partial charge in [-0.15, -0.1) is 11.8 Å². The van der Waals surface area contributed by atoms with Gasteiger partial charge in [0.05, 0.1) is 35.8 Å². The number of nitrogens with zero attached hydrogens (tertiary/aromatic N) is 1. The van der Waals surface area contributed by atoms with E-state index in [0.717, 1.165) is 30.6 Å². The number of carbonyl (C=O) groups is 3. The molecule has 9 heteroatoms. The Bertz CT molecular complexity index is 1270. The maximum absolute atomic E-state index is 14.5. The van der Waals surface area contributed by atoms with Crippen molar-refractivity contribution in [2.24, 2.45) is 11.8 Å². The highest BCUT2D eigenvalue weighted by Gasteiger charge is 2.77. The third-order valence-electron chi connectivity index (χ3n) is 8.98. The minimum atomic E-state index is -0.799. The Balaban J connectivity index is 1.52. The Hall–Kier alpha value is -3.04. The van der Waals surface area contributed by atoms with Crippen molar-refractivity contribution in [3.05, 3.63) is 60.2 Å². The van der Waals surface area contributed by atoms with E-state index < -0.39 is 33.4 Å². The Morgan fingerprint density at radius 3 is 2.44 bits per heavy atom. The lowest BCUT2D eigenvalue weighted by Crippen LogP contribution is -2.56. The smallest absolute Gasteiger partial charge is 0.244 e. The average molecular weight is 580 g/mol. The van der Waals surface area contributed by atoms with E-state index in [1.54, 1.807) is 28.8 Å². The molecule has 5 rings (SSSR count). The number of benzene rings is 2. The SMILES string of the molecule is CCCC(C)NC(=O)C1N([C@H](CO)c2ccccc2)C(=O)[C@@H]2[C@@H](C(=O)Nc3ccc(OCC)cc3)[C@@]3(C)CCC12S3. The lowest BCUT2D eigenvalue weighted by Gasteiger charge is -2.37. The summed E-state index contributed by atoms with van der Waals surface area (Å²) in [6, 6.07) is 15.0. The number of fused-ring (bicyclic) bond motifs is 1. The van der Waals surface area contributed by atoms with Gasteiger partial charge in [-0.2, -0.15) is 0 Å². The first kappa shape index (κ1) is 29.5. The van der Waals surface area contributed by atoms with Gasteiger partial charge in [-0.05, 0) is 69.9 Å². The summed E-state index contributed by atoms with van der Waals surface area (Å²) in [4.78, 5) is 44.2. The summed E-state index contributed by atoms with van der Waals surface area (Å²) in [6.45, 7) is 8.25. The highest BCUT2D eigenvalue weighted by molar-refractivity contribution is 8.02. The van der Waals surface area contributed by atoms with Crippen LogP contribution in [0.5, 0.6) is 5.75 Å². The predicted octanol–water partition coefficient (Wildman–Crippen LogP) is 4.54. The summed E-state index contributed by atoms with van der Waals surface area (Å²) in [5.41, 5.74) is 1.40. The molecule has 0 radical (unpaired) electrons. The molecule has 3 aliphatic rings. The fourth-order valence-corrected chi connectivity index (χ4v) is 9.62. The van der Waals surface area contributed by atoms with Gasteiger partial charge in [-0.25, -0.2) is 0 Å². The molecule has 41 heavy (non-hydrogen) atoms. The van der Waals surface area contributed by atoms with E-state index in [2.05, 4.69) is 24.5 Å². The number of hydrogen-bond donors (Lipinski definition) is 3. The van der Waals surface area contributed by atoms with Gasteiger partial charge in [0, 0.05) is 16.5 Å². The zero-order valence-corrected chi connectivity index (χ0v) is 25.1. The van der Waals surface area contributed by atoms with E-state index in [1.165, 1.54) is 0 Å². The van der Waals surface area contributed by atoms with Crippen LogP contribution in [0.25, 0.3) is 0 Å². The number of aliphatic hydroxyl groups is 1. The second-order valence-corrected chi connectivity index (χ2v) is 13.6. The summed E-state index contributed by atoms with van der Waals surface area (Å²) in [6.07, 6.45) is 3.12. The number of anilines is 1. The van der Waals surface area contributed by atoms with E-state index >= 15 is 0 Å². The number of ether oxygens (including phenoxy) is 1. The van der Waals surface area contributed by atoms with Crippen molar-refractivity contribution in [3.8, 4) is 5.75 Å². The molecule has 3 fully saturated rings. The Labute approximate surface area is 246 Å². The summed E-state index contributed by atoms with van der Waals surface area (Å²) in [5.74, 6) is -1.24. The first-order valence-electron chi connectivity index (χ1n) is 14.7. The number of hydrogen-bond acceptors (Lipinski definition) is 6. The number of thioether (sulfide) groups is 1. The number of aliphatic hydroxyl groups excluding tert-OH is 1. The Kier molecular flexibility index (Phi) is 8.39. The molecule has 3 unspecified atom stereocenters. The van der Waals surface area contributed by atoms with Gasteiger partial charge >= 0.3 is 0 Å². The van der Waals surface area contributed by atoms with Crippen LogP contribution in [0.4, 0.5) is 5.69 Å². The lowest BCUT2D eigenvalue weighted by molar-refractivity contribution is -0.142. The minimum Gasteiger partial charge on any atom is -0.494 e. The fourth-order valence-electron chi connectivity index (χ4n) is 7.28. The topological polar surface area (TPSA) is 108 Å². The number of rotatable bonds is 11. The van der Waals surface area contributed by atoms with Crippen LogP contribution in [0.1, 0.15) is 65.0 Å². The molecule has 3 saturated heterocycles. The maximum Gasteiger partial charge on any atom is 0.244 e. The lowest BCUT2D eigenvalue weighted by atomic mass is 9.66. The molecule has 8 nitrogen and oxygen atoms in total. The second-order valence-electron chi connectivity index (χ2n) is 11.7. The molecule has 1 spiro atoms. The van der Waals surface area contributed by atoms with E-state index in [-0.39, 0.29) is 30.4 Å². The molecule has 2 bridgehead atoms. The van der Waals surface area contributed by atoms with Crippen molar-refractivity contribution in [2.45, 2.75) is 81.0 Å². The maximum atomic E-state index is 14.5. The largest absolute Gasteiger partial charge is 0.494 e. The van der Waals surface area contributed by atoms with Crippen LogP contribution in [-0.2, 0) is 14.4 Å². The fraction of sp³-hybridized carbons (Fsp3) is 0.531. The van der Waals surface area contributed by atoms with Crippen LogP contribution in [0.15, 0.2) is 54.6 Å². The second kappa shape index (κ2) is 11.7. The van der Waals surface area contributed by atoms with Gasteiger partial charge in [-0.1, -0.05) is 43.7 Å². The van der Waals surface area contributed by atoms with E-state index in [9.17, 15) is 19.5 Å². The van der Waals surface area contributed by atoms with Gasteiger partial charge in [0.1, 0.15) is 11.8 Å². The summed E-state index contributed by atoms with van der Waals surface area (Å²) in [5, 5.41) is 16.8. The molecule has 2 aromatic carbocycles.